The van der Waals surface area contributed by atoms with Crippen molar-refractivity contribution >= 4 is 23.2 Å². The Kier molecular flexibility index (Phi) is 6.61. The van der Waals surface area contributed by atoms with Gasteiger partial charge in [0.2, 0.25) is 11.8 Å². The molecule has 5 heteroatoms. The minimum atomic E-state index is -0.139. The topological polar surface area (TPSA) is 58.6 Å². The van der Waals surface area contributed by atoms with E-state index in [1.54, 1.807) is 18.1 Å². The highest BCUT2D eigenvalue weighted by molar-refractivity contribution is 5.95. The van der Waals surface area contributed by atoms with Gasteiger partial charge in [0, 0.05) is 25.6 Å². The number of rotatable bonds is 6. The van der Waals surface area contributed by atoms with Gasteiger partial charge in [-0.25, -0.2) is 0 Å². The maximum Gasteiger partial charge on any atom is 0.226 e. The molecule has 2 rings (SSSR count). The van der Waals surface area contributed by atoms with Gasteiger partial charge in [0.05, 0.1) is 12.8 Å². The van der Waals surface area contributed by atoms with Crippen LogP contribution in [0.1, 0.15) is 39.7 Å². The molecule has 1 N–H and O–H groups in total. The zero-order chi connectivity index (χ0) is 20.0. The second-order valence-electron chi connectivity index (χ2n) is 7.47. The van der Waals surface area contributed by atoms with Gasteiger partial charge in [-0.3, -0.25) is 9.59 Å². The van der Waals surface area contributed by atoms with Gasteiger partial charge >= 0.3 is 0 Å². The number of hydrogen-bond acceptors (Lipinski definition) is 3. The van der Waals surface area contributed by atoms with E-state index in [-0.39, 0.29) is 30.2 Å². The van der Waals surface area contributed by atoms with E-state index >= 15 is 0 Å². The van der Waals surface area contributed by atoms with E-state index in [2.05, 4.69) is 26.1 Å². The summed E-state index contributed by atoms with van der Waals surface area (Å²) in [5, 5.41) is 2.89. The molecule has 0 heterocycles. The fraction of sp³-hybridized carbons (Fsp3) is 0.364. The summed E-state index contributed by atoms with van der Waals surface area (Å²) in [5.41, 5.74) is 2.69. The highest BCUT2D eigenvalue weighted by Gasteiger charge is 2.17. The molecule has 0 bridgehead atoms. The lowest BCUT2D eigenvalue weighted by Crippen LogP contribution is -2.32. The summed E-state index contributed by atoms with van der Waals surface area (Å²) in [6.45, 7) is 8.20. The SMILES string of the molecule is COc1ccccc1N(CCC(=O)Nc1ccc(C(C)(C)C)cc1)C(C)=O. The van der Waals surface area contributed by atoms with Gasteiger partial charge in [0.1, 0.15) is 5.75 Å². The van der Waals surface area contributed by atoms with Crippen molar-refractivity contribution in [1.82, 2.24) is 0 Å². The van der Waals surface area contributed by atoms with Gasteiger partial charge in [0.15, 0.2) is 0 Å². The van der Waals surface area contributed by atoms with Crippen LogP contribution in [-0.4, -0.2) is 25.5 Å². The van der Waals surface area contributed by atoms with Crippen LogP contribution in [0.3, 0.4) is 0 Å². The molecule has 2 amide bonds. The first-order chi connectivity index (χ1) is 12.7. The Labute approximate surface area is 161 Å². The minimum absolute atomic E-state index is 0.0687. The van der Waals surface area contributed by atoms with Gasteiger partial charge < -0.3 is 15.0 Å². The molecule has 5 nitrogen and oxygen atoms in total. The van der Waals surface area contributed by atoms with Crippen LogP contribution in [0.25, 0.3) is 0 Å². The molecule has 0 aliphatic carbocycles. The monoisotopic (exact) mass is 368 g/mol. The predicted molar refractivity (Wildman–Crippen MR) is 109 cm³/mol. The molecule has 144 valence electrons. The molecule has 2 aromatic rings. The molecule has 27 heavy (non-hydrogen) atoms. The Hall–Kier alpha value is -2.82. The van der Waals surface area contributed by atoms with Crippen molar-refractivity contribution in [2.45, 2.75) is 39.5 Å². The summed E-state index contributed by atoms with van der Waals surface area (Å²) < 4.78 is 5.32. The van der Waals surface area contributed by atoms with E-state index in [9.17, 15) is 9.59 Å². The van der Waals surface area contributed by atoms with Gasteiger partial charge in [-0.1, -0.05) is 45.0 Å². The number of carbonyl (C=O) groups excluding carboxylic acids is 2. The van der Waals surface area contributed by atoms with Gasteiger partial charge in [-0.15, -0.1) is 0 Å². The summed E-state index contributed by atoms with van der Waals surface area (Å²) in [4.78, 5) is 25.9. The van der Waals surface area contributed by atoms with E-state index in [1.807, 2.05) is 42.5 Å². The van der Waals surface area contributed by atoms with E-state index in [4.69, 9.17) is 4.74 Å². The summed E-state index contributed by atoms with van der Waals surface area (Å²) >= 11 is 0. The summed E-state index contributed by atoms with van der Waals surface area (Å²) in [6.07, 6.45) is 0.193. The van der Waals surface area contributed by atoms with Crippen LogP contribution in [-0.2, 0) is 15.0 Å². The second kappa shape index (κ2) is 8.71. The molecule has 2 aromatic carbocycles. The smallest absolute Gasteiger partial charge is 0.226 e. The molecule has 0 radical (unpaired) electrons. The molecule has 0 atom stereocenters. The highest BCUT2D eigenvalue weighted by Crippen LogP contribution is 2.28. The third kappa shape index (κ3) is 5.58. The number of carbonyl (C=O) groups is 2. The summed E-state index contributed by atoms with van der Waals surface area (Å²) in [7, 11) is 1.56. The van der Waals surface area contributed by atoms with Crippen LogP contribution in [0.2, 0.25) is 0 Å². The van der Waals surface area contributed by atoms with E-state index in [0.717, 1.165) is 5.69 Å². The normalized spacial score (nSPS) is 11.0. The molecule has 0 saturated carbocycles. The number of methoxy groups -OCH3 is 1. The van der Waals surface area contributed by atoms with E-state index in [1.165, 1.54) is 12.5 Å². The fourth-order valence-corrected chi connectivity index (χ4v) is 2.79. The number of ether oxygens (including phenoxy) is 1. The lowest BCUT2D eigenvalue weighted by Gasteiger charge is -2.23. The Morgan fingerprint density at radius 1 is 1.04 bits per heavy atom. The third-order valence-electron chi connectivity index (χ3n) is 4.35. The average molecular weight is 368 g/mol. The van der Waals surface area contributed by atoms with Crippen molar-refractivity contribution in [3.05, 3.63) is 54.1 Å². The van der Waals surface area contributed by atoms with E-state index < -0.39 is 0 Å². The molecular weight excluding hydrogens is 340 g/mol. The fourth-order valence-electron chi connectivity index (χ4n) is 2.79. The standard InChI is InChI=1S/C22H28N2O3/c1-16(25)24(19-8-6-7-9-20(19)27-5)15-14-21(26)23-18-12-10-17(11-13-18)22(2,3)4/h6-13H,14-15H2,1-5H3,(H,23,26). The Morgan fingerprint density at radius 3 is 2.22 bits per heavy atom. The van der Waals surface area contributed by atoms with Crippen molar-refractivity contribution in [3.8, 4) is 5.75 Å². The maximum absolute atomic E-state index is 12.3. The number of hydrogen-bond donors (Lipinski definition) is 1. The first kappa shape index (κ1) is 20.5. The molecule has 0 aromatic heterocycles. The number of benzene rings is 2. The van der Waals surface area contributed by atoms with Crippen molar-refractivity contribution in [2.24, 2.45) is 0 Å². The first-order valence-electron chi connectivity index (χ1n) is 9.04. The number of amides is 2. The Morgan fingerprint density at radius 2 is 1.67 bits per heavy atom. The number of para-hydroxylation sites is 2. The number of nitrogens with one attached hydrogen (secondary N) is 1. The van der Waals surface area contributed by atoms with Crippen LogP contribution >= 0.6 is 0 Å². The molecule has 0 aliphatic rings. The molecule has 0 spiro atoms. The van der Waals surface area contributed by atoms with Crippen LogP contribution in [0, 0.1) is 0 Å². The van der Waals surface area contributed by atoms with Crippen molar-refractivity contribution in [2.75, 3.05) is 23.9 Å². The largest absolute Gasteiger partial charge is 0.495 e. The Bertz CT molecular complexity index is 792. The molecule has 0 saturated heterocycles. The molecular formula is C22H28N2O3. The third-order valence-corrected chi connectivity index (χ3v) is 4.35. The zero-order valence-corrected chi connectivity index (χ0v) is 16.7. The summed E-state index contributed by atoms with van der Waals surface area (Å²) in [6, 6.07) is 15.1. The van der Waals surface area contributed by atoms with Crippen LogP contribution in [0.4, 0.5) is 11.4 Å². The van der Waals surface area contributed by atoms with E-state index in [0.29, 0.717) is 11.4 Å². The number of anilines is 2. The van der Waals surface area contributed by atoms with Gasteiger partial charge in [0.25, 0.3) is 0 Å². The van der Waals surface area contributed by atoms with Crippen LogP contribution in [0.5, 0.6) is 5.75 Å². The first-order valence-corrected chi connectivity index (χ1v) is 9.04. The Balaban J connectivity index is 2.01. The minimum Gasteiger partial charge on any atom is -0.495 e. The van der Waals surface area contributed by atoms with Gasteiger partial charge in [-0.2, -0.15) is 0 Å². The van der Waals surface area contributed by atoms with Crippen LogP contribution in [0.15, 0.2) is 48.5 Å². The second-order valence-corrected chi connectivity index (χ2v) is 7.47. The quantitative estimate of drug-likeness (QED) is 0.823. The maximum atomic E-state index is 12.3. The lowest BCUT2D eigenvalue weighted by molar-refractivity contribution is -0.117. The average Bonchev–Trinajstić information content (AvgIpc) is 2.61. The molecule has 0 unspecified atom stereocenters. The molecule has 0 fully saturated rings. The number of nitrogens with zero attached hydrogens (tertiary/aromatic N) is 1. The lowest BCUT2D eigenvalue weighted by atomic mass is 9.87. The predicted octanol–water partition coefficient (Wildman–Crippen LogP) is 4.37. The molecule has 0 aliphatic heterocycles. The van der Waals surface area contributed by atoms with Crippen molar-refractivity contribution in [3.63, 3.8) is 0 Å². The van der Waals surface area contributed by atoms with Gasteiger partial charge in [-0.05, 0) is 35.2 Å². The zero-order valence-electron chi connectivity index (χ0n) is 16.7. The van der Waals surface area contributed by atoms with Crippen LogP contribution < -0.4 is 15.0 Å². The van der Waals surface area contributed by atoms with Crippen molar-refractivity contribution in [1.29, 1.82) is 0 Å². The van der Waals surface area contributed by atoms with Crippen molar-refractivity contribution < 1.29 is 14.3 Å². The summed E-state index contributed by atoms with van der Waals surface area (Å²) in [5.74, 6) is 0.326. The highest BCUT2D eigenvalue weighted by atomic mass is 16.5.